The Morgan fingerprint density at radius 3 is 2.56 bits per heavy atom. The molecule has 0 radical (unpaired) electrons. The van der Waals surface area contributed by atoms with Crippen LogP contribution in [0.15, 0.2) is 24.3 Å². The lowest BCUT2D eigenvalue weighted by Crippen LogP contribution is -2.22. The second-order valence-corrected chi connectivity index (χ2v) is 5.42. The van der Waals surface area contributed by atoms with E-state index < -0.39 is 0 Å². The van der Waals surface area contributed by atoms with Crippen molar-refractivity contribution in [2.45, 2.75) is 37.8 Å². The Kier molecular flexibility index (Phi) is 3.31. The zero-order valence-corrected chi connectivity index (χ0v) is 10.4. The second kappa shape index (κ2) is 4.56. The van der Waals surface area contributed by atoms with Crippen LogP contribution in [0.3, 0.4) is 0 Å². The van der Waals surface area contributed by atoms with Gasteiger partial charge in [-0.15, -0.1) is 0 Å². The van der Waals surface area contributed by atoms with E-state index in [4.69, 9.17) is 5.73 Å². The van der Waals surface area contributed by atoms with E-state index >= 15 is 0 Å². The van der Waals surface area contributed by atoms with Crippen LogP contribution in [-0.4, -0.2) is 24.5 Å². The average molecular weight is 218 g/mol. The Hall–Kier alpha value is -0.860. The lowest BCUT2D eigenvalue weighted by atomic mass is 10.0. The number of hydrogen-bond acceptors (Lipinski definition) is 2. The molecule has 0 saturated heterocycles. The Morgan fingerprint density at radius 1 is 1.25 bits per heavy atom. The zero-order chi connectivity index (χ0) is 11.6. The van der Waals surface area contributed by atoms with Crippen molar-refractivity contribution >= 4 is 0 Å². The monoisotopic (exact) mass is 218 g/mol. The van der Waals surface area contributed by atoms with E-state index in [9.17, 15) is 0 Å². The Morgan fingerprint density at radius 2 is 1.94 bits per heavy atom. The van der Waals surface area contributed by atoms with Gasteiger partial charge in [0.1, 0.15) is 0 Å². The van der Waals surface area contributed by atoms with Crippen LogP contribution in [0.2, 0.25) is 0 Å². The molecule has 2 heteroatoms. The summed E-state index contributed by atoms with van der Waals surface area (Å²) in [6.45, 7) is 1.02. The Bertz CT molecular complexity index is 354. The summed E-state index contributed by atoms with van der Waals surface area (Å²) in [5, 5.41) is 0. The maximum atomic E-state index is 6.10. The minimum Gasteiger partial charge on any atom is -0.325 e. The summed E-state index contributed by atoms with van der Waals surface area (Å²) in [5.74, 6) is 0. The third kappa shape index (κ3) is 3.32. The summed E-state index contributed by atoms with van der Waals surface area (Å²) in [6.07, 6.45) is 4.69. The molecule has 1 aliphatic carbocycles. The first-order chi connectivity index (χ1) is 7.57. The van der Waals surface area contributed by atoms with Gasteiger partial charge in [-0.05, 0) is 50.9 Å². The van der Waals surface area contributed by atoms with Crippen molar-refractivity contribution < 1.29 is 0 Å². The summed E-state index contributed by atoms with van der Waals surface area (Å²) in [4.78, 5) is 2.20. The molecule has 2 N–H and O–H groups in total. The molecule has 1 fully saturated rings. The molecule has 2 rings (SSSR count). The predicted octanol–water partition coefficient (Wildman–Crippen LogP) is 2.17. The van der Waals surface area contributed by atoms with Gasteiger partial charge in [0.25, 0.3) is 0 Å². The molecule has 1 saturated carbocycles. The topological polar surface area (TPSA) is 29.3 Å². The Balaban J connectivity index is 1.93. The SMILES string of the molecule is CN(C)Cc1cccc(CCC2(N)CC2)c1. The van der Waals surface area contributed by atoms with E-state index in [2.05, 4.69) is 43.3 Å². The maximum Gasteiger partial charge on any atom is 0.0227 e. The maximum absolute atomic E-state index is 6.10. The average Bonchev–Trinajstić information content (AvgIpc) is 2.94. The summed E-state index contributed by atoms with van der Waals surface area (Å²) in [6, 6.07) is 8.87. The fraction of sp³-hybridized carbons (Fsp3) is 0.571. The van der Waals surface area contributed by atoms with Crippen LogP contribution in [0, 0.1) is 0 Å². The third-order valence-electron chi connectivity index (χ3n) is 3.29. The summed E-state index contributed by atoms with van der Waals surface area (Å²) in [7, 11) is 4.21. The number of aryl methyl sites for hydroxylation is 1. The van der Waals surface area contributed by atoms with E-state index in [1.807, 2.05) is 0 Å². The number of benzene rings is 1. The van der Waals surface area contributed by atoms with Crippen LogP contribution >= 0.6 is 0 Å². The van der Waals surface area contributed by atoms with Gasteiger partial charge in [0.05, 0.1) is 0 Å². The Labute approximate surface area is 98.4 Å². The first-order valence-corrected chi connectivity index (χ1v) is 6.09. The van der Waals surface area contributed by atoms with Gasteiger partial charge in [-0.2, -0.15) is 0 Å². The number of hydrogen-bond donors (Lipinski definition) is 1. The van der Waals surface area contributed by atoms with Gasteiger partial charge in [-0.1, -0.05) is 24.3 Å². The summed E-state index contributed by atoms with van der Waals surface area (Å²) in [5.41, 5.74) is 9.10. The molecule has 2 nitrogen and oxygen atoms in total. The molecule has 0 heterocycles. The van der Waals surface area contributed by atoms with Crippen LogP contribution < -0.4 is 5.73 Å². The predicted molar refractivity (Wildman–Crippen MR) is 68.3 cm³/mol. The first kappa shape index (κ1) is 11.6. The number of nitrogens with zero attached hydrogens (tertiary/aromatic N) is 1. The van der Waals surface area contributed by atoms with Crippen molar-refractivity contribution in [1.82, 2.24) is 4.90 Å². The van der Waals surface area contributed by atoms with Crippen molar-refractivity contribution in [3.8, 4) is 0 Å². The number of rotatable bonds is 5. The molecule has 1 aromatic carbocycles. The van der Waals surface area contributed by atoms with Crippen LogP contribution in [0.4, 0.5) is 0 Å². The fourth-order valence-corrected chi connectivity index (χ4v) is 2.05. The molecular formula is C14H22N2. The molecule has 1 aliphatic rings. The van der Waals surface area contributed by atoms with Gasteiger partial charge in [0.15, 0.2) is 0 Å². The van der Waals surface area contributed by atoms with Crippen molar-refractivity contribution in [3.05, 3.63) is 35.4 Å². The van der Waals surface area contributed by atoms with Crippen LogP contribution in [0.1, 0.15) is 30.4 Å². The molecule has 88 valence electrons. The summed E-state index contributed by atoms with van der Waals surface area (Å²) >= 11 is 0. The molecule has 0 aliphatic heterocycles. The summed E-state index contributed by atoms with van der Waals surface area (Å²) < 4.78 is 0. The standard InChI is InChI=1S/C14H22N2/c1-16(2)11-13-5-3-4-12(10-13)6-7-14(15)8-9-14/h3-5,10H,6-9,11,15H2,1-2H3. The van der Waals surface area contributed by atoms with Crippen molar-refractivity contribution in [1.29, 1.82) is 0 Å². The van der Waals surface area contributed by atoms with Gasteiger partial charge in [0.2, 0.25) is 0 Å². The minimum absolute atomic E-state index is 0.178. The molecule has 0 spiro atoms. The van der Waals surface area contributed by atoms with Crippen molar-refractivity contribution in [2.24, 2.45) is 5.73 Å². The highest BCUT2D eigenvalue weighted by Gasteiger charge is 2.37. The van der Waals surface area contributed by atoms with Gasteiger partial charge in [-0.3, -0.25) is 0 Å². The van der Waals surface area contributed by atoms with E-state index in [0.29, 0.717) is 0 Å². The minimum atomic E-state index is 0.178. The van der Waals surface area contributed by atoms with E-state index in [1.54, 1.807) is 0 Å². The molecule has 0 unspecified atom stereocenters. The fourth-order valence-electron chi connectivity index (χ4n) is 2.05. The number of nitrogens with two attached hydrogens (primary N) is 1. The van der Waals surface area contributed by atoms with Crippen LogP contribution in [0.25, 0.3) is 0 Å². The highest BCUT2D eigenvalue weighted by molar-refractivity contribution is 5.24. The van der Waals surface area contributed by atoms with E-state index in [1.165, 1.54) is 24.0 Å². The quantitative estimate of drug-likeness (QED) is 0.820. The van der Waals surface area contributed by atoms with Crippen LogP contribution in [0.5, 0.6) is 0 Å². The molecule has 1 aromatic rings. The van der Waals surface area contributed by atoms with E-state index in [0.717, 1.165) is 19.4 Å². The second-order valence-electron chi connectivity index (χ2n) is 5.42. The highest BCUT2D eigenvalue weighted by atomic mass is 15.0. The van der Waals surface area contributed by atoms with Crippen LogP contribution in [-0.2, 0) is 13.0 Å². The van der Waals surface area contributed by atoms with Gasteiger partial charge in [0, 0.05) is 12.1 Å². The molecule has 0 amide bonds. The molecule has 0 aromatic heterocycles. The van der Waals surface area contributed by atoms with Crippen molar-refractivity contribution in [2.75, 3.05) is 14.1 Å². The lowest BCUT2D eigenvalue weighted by Gasteiger charge is -2.12. The first-order valence-electron chi connectivity index (χ1n) is 6.09. The highest BCUT2D eigenvalue weighted by Crippen LogP contribution is 2.36. The third-order valence-corrected chi connectivity index (χ3v) is 3.29. The molecule has 0 atom stereocenters. The largest absolute Gasteiger partial charge is 0.325 e. The van der Waals surface area contributed by atoms with Gasteiger partial charge in [-0.25, -0.2) is 0 Å². The smallest absolute Gasteiger partial charge is 0.0227 e. The van der Waals surface area contributed by atoms with Crippen molar-refractivity contribution in [3.63, 3.8) is 0 Å². The van der Waals surface area contributed by atoms with E-state index in [-0.39, 0.29) is 5.54 Å². The molecule has 0 bridgehead atoms. The molecular weight excluding hydrogens is 196 g/mol. The zero-order valence-electron chi connectivity index (χ0n) is 10.4. The lowest BCUT2D eigenvalue weighted by molar-refractivity contribution is 0.402. The molecule has 16 heavy (non-hydrogen) atoms. The van der Waals surface area contributed by atoms with Gasteiger partial charge >= 0.3 is 0 Å². The normalized spacial score (nSPS) is 17.8. The van der Waals surface area contributed by atoms with Gasteiger partial charge < -0.3 is 10.6 Å².